The number of rotatable bonds is 5. The number of para-hydroxylation sites is 1. The quantitative estimate of drug-likeness (QED) is 0.664. The van der Waals surface area contributed by atoms with Crippen molar-refractivity contribution in [3.8, 4) is 0 Å². The number of aromatic nitrogens is 4. The lowest BCUT2D eigenvalue weighted by atomic mass is 10.1. The van der Waals surface area contributed by atoms with Crippen molar-refractivity contribution in [1.29, 1.82) is 0 Å². The fraction of sp³-hybridized carbons (Fsp3) is 0.400. The van der Waals surface area contributed by atoms with Crippen molar-refractivity contribution >= 4 is 29.2 Å². The van der Waals surface area contributed by atoms with Gasteiger partial charge in [-0.1, -0.05) is 12.1 Å². The molecule has 1 amide bonds. The van der Waals surface area contributed by atoms with Gasteiger partial charge in [0.15, 0.2) is 0 Å². The van der Waals surface area contributed by atoms with E-state index < -0.39 is 0 Å². The minimum Gasteiger partial charge on any atom is -0.330 e. The Labute approximate surface area is 174 Å². The molecule has 1 saturated heterocycles. The first kappa shape index (κ1) is 21.0. The zero-order chi connectivity index (χ0) is 19.5. The van der Waals surface area contributed by atoms with E-state index in [-0.39, 0.29) is 36.5 Å². The maximum atomic E-state index is 12.9. The molecule has 0 aliphatic carbocycles. The van der Waals surface area contributed by atoms with E-state index >= 15 is 0 Å². The average molecular weight is 417 g/mol. The predicted octanol–water partition coefficient (Wildman–Crippen LogP) is 2.13. The number of carbonyl (C=O) groups is 1. The van der Waals surface area contributed by atoms with Gasteiger partial charge in [-0.25, -0.2) is 4.98 Å². The number of H-pyrrole nitrogens is 1. The van der Waals surface area contributed by atoms with Crippen LogP contribution in [0.5, 0.6) is 0 Å². The van der Waals surface area contributed by atoms with Crippen LogP contribution in [0.4, 0.5) is 0 Å². The molecule has 9 heteroatoms. The normalized spacial score (nSPS) is 16.4. The lowest BCUT2D eigenvalue weighted by Crippen LogP contribution is -2.33. The minimum atomic E-state index is -0.196. The van der Waals surface area contributed by atoms with E-state index in [2.05, 4.69) is 20.4 Å². The van der Waals surface area contributed by atoms with Crippen LogP contribution >= 0.6 is 12.4 Å². The second-order valence-electron chi connectivity index (χ2n) is 7.03. The topological polar surface area (TPSA) is 95.9 Å². The lowest BCUT2D eigenvalue weighted by Gasteiger charge is -2.23. The highest BCUT2D eigenvalue weighted by molar-refractivity contribution is 5.92. The van der Waals surface area contributed by atoms with Gasteiger partial charge in [0.1, 0.15) is 11.5 Å². The highest BCUT2D eigenvalue weighted by Crippen LogP contribution is 2.16. The molecule has 154 valence electrons. The molecule has 4 rings (SSSR count). The molecule has 29 heavy (non-hydrogen) atoms. The Morgan fingerprint density at radius 1 is 1.31 bits per heavy atom. The van der Waals surface area contributed by atoms with Crippen molar-refractivity contribution in [3.63, 3.8) is 0 Å². The molecule has 0 radical (unpaired) electrons. The summed E-state index contributed by atoms with van der Waals surface area (Å²) in [6.07, 6.45) is 4.03. The number of nitrogens with one attached hydrogen (secondary N) is 2. The van der Waals surface area contributed by atoms with Crippen molar-refractivity contribution < 1.29 is 4.79 Å². The molecule has 1 aliphatic heterocycles. The monoisotopic (exact) mass is 416 g/mol. The van der Waals surface area contributed by atoms with Crippen molar-refractivity contribution in [1.82, 2.24) is 30.0 Å². The van der Waals surface area contributed by atoms with E-state index in [1.54, 1.807) is 29.2 Å². The Kier molecular flexibility index (Phi) is 6.66. The van der Waals surface area contributed by atoms with Gasteiger partial charge >= 0.3 is 0 Å². The molecule has 3 heterocycles. The first-order valence-electron chi connectivity index (χ1n) is 9.69. The van der Waals surface area contributed by atoms with Crippen LogP contribution in [0.3, 0.4) is 0 Å². The molecular weight excluding hydrogens is 392 g/mol. The summed E-state index contributed by atoms with van der Waals surface area (Å²) >= 11 is 0. The molecule has 1 aliphatic rings. The van der Waals surface area contributed by atoms with Crippen molar-refractivity contribution in [2.24, 2.45) is 0 Å². The molecule has 0 spiro atoms. The summed E-state index contributed by atoms with van der Waals surface area (Å²) in [5, 5.41) is 8.41. The van der Waals surface area contributed by atoms with Gasteiger partial charge in [-0.05, 0) is 44.5 Å². The lowest BCUT2D eigenvalue weighted by molar-refractivity contribution is 0.0741. The zero-order valence-electron chi connectivity index (χ0n) is 16.3. The Morgan fingerprint density at radius 2 is 2.14 bits per heavy atom. The summed E-state index contributed by atoms with van der Waals surface area (Å²) in [5.74, 6) is 0.302. The van der Waals surface area contributed by atoms with E-state index in [9.17, 15) is 9.59 Å². The number of nitrogens with zero attached hydrogens (tertiary/aromatic N) is 4. The summed E-state index contributed by atoms with van der Waals surface area (Å²) in [7, 11) is 0. The van der Waals surface area contributed by atoms with Gasteiger partial charge < -0.3 is 15.2 Å². The van der Waals surface area contributed by atoms with E-state index in [4.69, 9.17) is 0 Å². The fourth-order valence-corrected chi connectivity index (χ4v) is 3.59. The Hall–Kier alpha value is -2.71. The molecule has 8 nitrogen and oxygen atoms in total. The molecule has 3 aromatic rings. The highest BCUT2D eigenvalue weighted by Gasteiger charge is 2.21. The number of carbonyl (C=O) groups excluding carboxylic acids is 1. The van der Waals surface area contributed by atoms with Crippen molar-refractivity contribution in [2.75, 3.05) is 19.6 Å². The van der Waals surface area contributed by atoms with Gasteiger partial charge in [0.05, 0.1) is 23.5 Å². The molecule has 1 fully saturated rings. The number of hydrogen-bond donors (Lipinski definition) is 2. The first-order chi connectivity index (χ1) is 13.7. The van der Waals surface area contributed by atoms with Gasteiger partial charge in [0, 0.05) is 19.3 Å². The van der Waals surface area contributed by atoms with Crippen LogP contribution in [0.15, 0.2) is 41.3 Å². The summed E-state index contributed by atoms with van der Waals surface area (Å²) in [5.41, 5.74) is 0.840. The Bertz CT molecular complexity index is 1040. The van der Waals surface area contributed by atoms with Crippen LogP contribution in [-0.2, 0) is 6.54 Å². The standard InChI is InChI=1S/C20H24N6O2.ClH/c1-2-25(13-18-22-16-8-4-3-7-15(16)19(27)23-18)20(28)17-9-11-26(24-17)14-6-5-10-21-12-14;/h3-4,7-9,11,14,21H,2,5-6,10,12-13H2,1H3,(H,22,23,27);1H. The molecular formula is C20H25ClN6O2. The molecule has 2 N–H and O–H groups in total. The molecule has 1 unspecified atom stereocenters. The second kappa shape index (κ2) is 9.19. The average Bonchev–Trinajstić information content (AvgIpc) is 3.22. The molecule has 0 saturated carbocycles. The fourth-order valence-electron chi connectivity index (χ4n) is 3.59. The Morgan fingerprint density at radius 3 is 2.90 bits per heavy atom. The SMILES string of the molecule is CCN(Cc1nc2ccccc2c(=O)[nH]1)C(=O)c1ccn(C2CCCNC2)n1.Cl. The number of benzene rings is 1. The number of aromatic amines is 1. The van der Waals surface area contributed by atoms with Crippen LogP contribution in [0.1, 0.15) is 42.1 Å². The van der Waals surface area contributed by atoms with E-state index in [0.29, 0.717) is 29.0 Å². The maximum Gasteiger partial charge on any atom is 0.274 e. The third kappa shape index (κ3) is 4.49. The van der Waals surface area contributed by atoms with Gasteiger partial charge in [-0.2, -0.15) is 5.10 Å². The number of hydrogen-bond acceptors (Lipinski definition) is 5. The third-order valence-electron chi connectivity index (χ3n) is 5.14. The van der Waals surface area contributed by atoms with E-state index in [1.807, 2.05) is 23.9 Å². The van der Waals surface area contributed by atoms with Crippen LogP contribution in [0.25, 0.3) is 10.9 Å². The Balaban J connectivity index is 0.00000240. The third-order valence-corrected chi connectivity index (χ3v) is 5.14. The summed E-state index contributed by atoms with van der Waals surface area (Å²) in [6.45, 7) is 4.53. The largest absolute Gasteiger partial charge is 0.330 e. The van der Waals surface area contributed by atoms with Crippen LogP contribution < -0.4 is 10.9 Å². The molecule has 1 aromatic carbocycles. The van der Waals surface area contributed by atoms with E-state index in [1.165, 1.54) is 0 Å². The molecule has 1 atom stereocenters. The van der Waals surface area contributed by atoms with Crippen LogP contribution in [0.2, 0.25) is 0 Å². The first-order valence-corrected chi connectivity index (χ1v) is 9.69. The molecule has 2 aromatic heterocycles. The number of amides is 1. The number of piperidine rings is 1. The zero-order valence-corrected chi connectivity index (χ0v) is 17.1. The van der Waals surface area contributed by atoms with Crippen LogP contribution in [0, 0.1) is 0 Å². The maximum absolute atomic E-state index is 12.9. The highest BCUT2D eigenvalue weighted by atomic mass is 35.5. The smallest absolute Gasteiger partial charge is 0.274 e. The summed E-state index contributed by atoms with van der Waals surface area (Å²) < 4.78 is 1.88. The number of fused-ring (bicyclic) bond motifs is 1. The minimum absolute atomic E-state index is 0. The predicted molar refractivity (Wildman–Crippen MR) is 113 cm³/mol. The summed E-state index contributed by atoms with van der Waals surface area (Å²) in [4.78, 5) is 34.1. The van der Waals surface area contributed by atoms with Crippen molar-refractivity contribution in [2.45, 2.75) is 32.4 Å². The van der Waals surface area contributed by atoms with Crippen LogP contribution in [-0.4, -0.2) is 50.2 Å². The van der Waals surface area contributed by atoms with Gasteiger partial charge in [0.2, 0.25) is 0 Å². The molecule has 0 bridgehead atoms. The van der Waals surface area contributed by atoms with Crippen molar-refractivity contribution in [3.05, 3.63) is 58.4 Å². The number of halogens is 1. The second-order valence-corrected chi connectivity index (χ2v) is 7.03. The van der Waals surface area contributed by atoms with Gasteiger partial charge in [0.25, 0.3) is 11.5 Å². The van der Waals surface area contributed by atoms with Gasteiger partial charge in [-0.3, -0.25) is 14.3 Å². The summed E-state index contributed by atoms with van der Waals surface area (Å²) in [6, 6.07) is 9.22. The van der Waals surface area contributed by atoms with Gasteiger partial charge in [-0.15, -0.1) is 12.4 Å². The van der Waals surface area contributed by atoms with E-state index in [0.717, 1.165) is 25.9 Å².